The number of nitrogens with one attached hydrogen (secondary N) is 2. The summed E-state index contributed by atoms with van der Waals surface area (Å²) in [5.74, 6) is 0.627. The van der Waals surface area contributed by atoms with Crippen molar-refractivity contribution in [3.63, 3.8) is 0 Å². The van der Waals surface area contributed by atoms with Gasteiger partial charge in [-0.25, -0.2) is 9.98 Å². The monoisotopic (exact) mass is 390 g/mol. The number of ether oxygens (including phenoxy) is 1. The number of alkyl halides is 3. The first-order chi connectivity index (χ1) is 12.4. The van der Waals surface area contributed by atoms with Crippen LogP contribution < -0.4 is 10.6 Å². The molecular weight excluding hydrogens is 365 g/mol. The SMILES string of the molecule is CCNC(=NCc1nc(C(F)(F)F)cs1)NC1CC(OCC)C12CCC2. The van der Waals surface area contributed by atoms with E-state index in [-0.39, 0.29) is 12.0 Å². The molecule has 5 nitrogen and oxygen atoms in total. The van der Waals surface area contributed by atoms with E-state index >= 15 is 0 Å². The zero-order chi connectivity index (χ0) is 18.8. The Morgan fingerprint density at radius 2 is 2.19 bits per heavy atom. The number of rotatable bonds is 6. The molecule has 3 rings (SSSR count). The van der Waals surface area contributed by atoms with Crippen LogP contribution in [-0.4, -0.2) is 36.2 Å². The highest BCUT2D eigenvalue weighted by Crippen LogP contribution is 2.57. The number of guanidine groups is 1. The molecule has 0 radical (unpaired) electrons. The first-order valence-corrected chi connectivity index (χ1v) is 9.95. The molecule has 0 bridgehead atoms. The van der Waals surface area contributed by atoms with Crippen LogP contribution in [0.4, 0.5) is 13.2 Å². The fourth-order valence-corrected chi connectivity index (χ4v) is 4.51. The first kappa shape index (κ1) is 19.4. The molecule has 2 unspecified atom stereocenters. The lowest BCUT2D eigenvalue weighted by Crippen LogP contribution is -2.68. The van der Waals surface area contributed by atoms with Gasteiger partial charge >= 0.3 is 6.18 Å². The zero-order valence-electron chi connectivity index (χ0n) is 15.0. The molecule has 2 aliphatic rings. The van der Waals surface area contributed by atoms with Crippen molar-refractivity contribution in [3.8, 4) is 0 Å². The highest BCUT2D eigenvalue weighted by molar-refractivity contribution is 7.09. The molecule has 2 atom stereocenters. The maximum atomic E-state index is 12.6. The van der Waals surface area contributed by atoms with E-state index in [2.05, 4.69) is 20.6 Å². The van der Waals surface area contributed by atoms with Gasteiger partial charge in [-0.15, -0.1) is 11.3 Å². The Balaban J connectivity index is 1.62. The Morgan fingerprint density at radius 3 is 2.73 bits per heavy atom. The smallest absolute Gasteiger partial charge is 0.378 e. The molecule has 1 aromatic heterocycles. The van der Waals surface area contributed by atoms with Gasteiger partial charge < -0.3 is 15.4 Å². The van der Waals surface area contributed by atoms with E-state index in [1.54, 1.807) is 0 Å². The Morgan fingerprint density at radius 1 is 1.42 bits per heavy atom. The number of thiazole rings is 1. The summed E-state index contributed by atoms with van der Waals surface area (Å²) in [4.78, 5) is 8.06. The molecule has 0 amide bonds. The molecule has 2 fully saturated rings. The molecule has 1 heterocycles. The maximum absolute atomic E-state index is 12.6. The van der Waals surface area contributed by atoms with Crippen LogP contribution in [-0.2, 0) is 17.5 Å². The van der Waals surface area contributed by atoms with Crippen LogP contribution in [0.5, 0.6) is 0 Å². The molecule has 9 heteroatoms. The van der Waals surface area contributed by atoms with Gasteiger partial charge in [-0.3, -0.25) is 0 Å². The lowest BCUT2D eigenvalue weighted by molar-refractivity contribution is -0.168. The molecule has 1 aromatic rings. The predicted octanol–water partition coefficient (Wildman–Crippen LogP) is 3.56. The fourth-order valence-electron chi connectivity index (χ4n) is 3.79. The molecule has 2 aliphatic carbocycles. The van der Waals surface area contributed by atoms with Crippen molar-refractivity contribution >= 4 is 17.3 Å². The Bertz CT molecular complexity index is 642. The quantitative estimate of drug-likeness (QED) is 0.576. The maximum Gasteiger partial charge on any atom is 0.434 e. The van der Waals surface area contributed by atoms with Gasteiger partial charge in [-0.05, 0) is 33.1 Å². The summed E-state index contributed by atoms with van der Waals surface area (Å²) in [5.41, 5.74) is -0.658. The number of hydrogen-bond acceptors (Lipinski definition) is 4. The van der Waals surface area contributed by atoms with Crippen molar-refractivity contribution in [1.82, 2.24) is 15.6 Å². The average molecular weight is 390 g/mol. The van der Waals surface area contributed by atoms with E-state index in [9.17, 15) is 13.2 Å². The van der Waals surface area contributed by atoms with Gasteiger partial charge in [0.25, 0.3) is 0 Å². The van der Waals surface area contributed by atoms with Crippen molar-refractivity contribution in [2.24, 2.45) is 10.4 Å². The van der Waals surface area contributed by atoms with Crippen molar-refractivity contribution in [3.05, 3.63) is 16.1 Å². The molecular formula is C17H25F3N4OS. The Hall–Kier alpha value is -1.35. The lowest BCUT2D eigenvalue weighted by Gasteiger charge is -2.61. The van der Waals surface area contributed by atoms with Crippen LogP contribution in [0.2, 0.25) is 0 Å². The largest absolute Gasteiger partial charge is 0.434 e. The van der Waals surface area contributed by atoms with Crippen molar-refractivity contribution in [2.45, 2.75) is 64.4 Å². The van der Waals surface area contributed by atoms with Crippen LogP contribution >= 0.6 is 11.3 Å². The Kier molecular flexibility index (Phi) is 5.76. The average Bonchev–Trinajstić information content (AvgIpc) is 2.99. The van der Waals surface area contributed by atoms with Crippen LogP contribution in [0, 0.1) is 5.41 Å². The number of aromatic nitrogens is 1. The second-order valence-corrected chi connectivity index (χ2v) is 7.73. The van der Waals surface area contributed by atoms with Crippen molar-refractivity contribution < 1.29 is 17.9 Å². The van der Waals surface area contributed by atoms with E-state index in [1.807, 2.05) is 13.8 Å². The fraction of sp³-hybridized carbons (Fsp3) is 0.765. The topological polar surface area (TPSA) is 58.5 Å². The van der Waals surface area contributed by atoms with E-state index in [1.165, 1.54) is 6.42 Å². The molecule has 2 N–H and O–H groups in total. The number of halogens is 3. The van der Waals surface area contributed by atoms with Gasteiger partial charge in [0, 0.05) is 30.0 Å². The van der Waals surface area contributed by atoms with Gasteiger partial charge in [0.1, 0.15) is 5.01 Å². The number of nitrogens with zero attached hydrogens (tertiary/aromatic N) is 2. The summed E-state index contributed by atoms with van der Waals surface area (Å²) in [6.45, 7) is 5.52. The van der Waals surface area contributed by atoms with Gasteiger partial charge in [-0.1, -0.05) is 6.42 Å². The van der Waals surface area contributed by atoms with Crippen LogP contribution in [0.25, 0.3) is 0 Å². The van der Waals surface area contributed by atoms with E-state index in [4.69, 9.17) is 4.74 Å². The highest BCUT2D eigenvalue weighted by atomic mass is 32.1. The van der Waals surface area contributed by atoms with Crippen molar-refractivity contribution in [1.29, 1.82) is 0 Å². The zero-order valence-corrected chi connectivity index (χ0v) is 15.8. The van der Waals surface area contributed by atoms with Gasteiger partial charge in [0.15, 0.2) is 11.7 Å². The number of hydrogen-bond donors (Lipinski definition) is 2. The summed E-state index contributed by atoms with van der Waals surface area (Å²) in [5, 5.41) is 8.02. The number of aliphatic imine (C=N–C) groups is 1. The molecule has 0 saturated heterocycles. The summed E-state index contributed by atoms with van der Waals surface area (Å²) in [6, 6.07) is 0.299. The van der Waals surface area contributed by atoms with Gasteiger partial charge in [0.2, 0.25) is 0 Å². The molecule has 2 saturated carbocycles. The molecule has 26 heavy (non-hydrogen) atoms. The highest BCUT2D eigenvalue weighted by Gasteiger charge is 2.59. The normalized spacial score (nSPS) is 24.9. The minimum absolute atomic E-state index is 0.130. The molecule has 146 valence electrons. The Labute approximate surface area is 155 Å². The van der Waals surface area contributed by atoms with Crippen LogP contribution in [0.3, 0.4) is 0 Å². The summed E-state index contributed by atoms with van der Waals surface area (Å²) < 4.78 is 43.8. The molecule has 0 aliphatic heterocycles. The third kappa shape index (κ3) is 3.83. The van der Waals surface area contributed by atoms with Crippen LogP contribution in [0.15, 0.2) is 10.4 Å². The third-order valence-electron chi connectivity index (χ3n) is 5.31. The predicted molar refractivity (Wildman–Crippen MR) is 95.2 cm³/mol. The summed E-state index contributed by atoms with van der Waals surface area (Å²) in [7, 11) is 0. The summed E-state index contributed by atoms with van der Waals surface area (Å²) >= 11 is 0.984. The first-order valence-electron chi connectivity index (χ1n) is 9.07. The minimum Gasteiger partial charge on any atom is -0.378 e. The lowest BCUT2D eigenvalue weighted by atomic mass is 9.51. The van der Waals surface area contributed by atoms with Crippen molar-refractivity contribution in [2.75, 3.05) is 13.2 Å². The second-order valence-electron chi connectivity index (χ2n) is 6.78. The molecule has 1 spiro atoms. The second kappa shape index (κ2) is 7.72. The van der Waals surface area contributed by atoms with E-state index < -0.39 is 11.9 Å². The van der Waals surface area contributed by atoms with Gasteiger partial charge in [-0.2, -0.15) is 13.2 Å². The van der Waals surface area contributed by atoms with E-state index in [0.717, 1.165) is 42.6 Å². The van der Waals surface area contributed by atoms with Crippen LogP contribution in [0.1, 0.15) is 50.2 Å². The standard InChI is InChI=1S/C17H25F3N4OS/c1-3-21-15(22-9-14-23-12(10-26-14)17(18,19)20)24-11-8-13(25-4-2)16(11)6-5-7-16/h10-11,13H,3-9H2,1-2H3,(H2,21,22,24). The van der Waals surface area contributed by atoms with Gasteiger partial charge in [0.05, 0.1) is 12.6 Å². The minimum atomic E-state index is -4.40. The summed E-state index contributed by atoms with van der Waals surface area (Å²) in [6.07, 6.45) is 0.349. The van der Waals surface area contributed by atoms with E-state index in [0.29, 0.717) is 29.7 Å². The molecule has 0 aromatic carbocycles. The third-order valence-corrected chi connectivity index (χ3v) is 6.14.